The van der Waals surface area contributed by atoms with E-state index < -0.39 is 5.95 Å². The van der Waals surface area contributed by atoms with Gasteiger partial charge in [0, 0.05) is 22.3 Å². The van der Waals surface area contributed by atoms with Crippen molar-refractivity contribution in [3.8, 4) is 0 Å². The average Bonchev–Trinajstić information content (AvgIpc) is 2.06. The number of hydrogen-bond donors (Lipinski definition) is 1. The zero-order valence-corrected chi connectivity index (χ0v) is 9.01. The van der Waals surface area contributed by atoms with Gasteiger partial charge in [-0.3, -0.25) is 0 Å². The first kappa shape index (κ1) is 10.6. The molecule has 13 heavy (non-hydrogen) atoms. The van der Waals surface area contributed by atoms with Crippen LogP contribution >= 0.6 is 15.9 Å². The van der Waals surface area contributed by atoms with Gasteiger partial charge >= 0.3 is 0 Å². The maximum Gasteiger partial charge on any atom is 0.216 e. The number of pyridine rings is 1. The Hall–Kier alpha value is -0.480. The average molecular weight is 247 g/mol. The van der Waals surface area contributed by atoms with Gasteiger partial charge in [-0.05, 0) is 41.8 Å². The summed E-state index contributed by atoms with van der Waals surface area (Å²) in [6, 6.07) is 1.84. The Bertz CT molecular complexity index is 289. The van der Waals surface area contributed by atoms with Gasteiger partial charge in [0.1, 0.15) is 0 Å². The van der Waals surface area contributed by atoms with Crippen LogP contribution in [0.1, 0.15) is 18.9 Å². The van der Waals surface area contributed by atoms with E-state index in [2.05, 4.69) is 20.9 Å². The van der Waals surface area contributed by atoms with Crippen LogP contribution in [0, 0.1) is 5.95 Å². The summed E-state index contributed by atoms with van der Waals surface area (Å²) in [5, 5.41) is 0. The molecule has 0 saturated carbocycles. The fraction of sp³-hybridized carbons (Fsp3) is 0.444. The number of hydrogen-bond acceptors (Lipinski definition) is 2. The monoisotopic (exact) mass is 246 g/mol. The molecular formula is C9H12BrFN2. The molecule has 2 N–H and O–H groups in total. The van der Waals surface area contributed by atoms with E-state index in [0.29, 0.717) is 12.0 Å². The number of nitrogens with zero attached hydrogens (tertiary/aromatic N) is 1. The molecule has 0 bridgehead atoms. The van der Waals surface area contributed by atoms with E-state index in [1.807, 2.05) is 6.92 Å². The Labute approximate surface area is 85.5 Å². The minimum Gasteiger partial charge on any atom is -0.328 e. The van der Waals surface area contributed by atoms with Crippen molar-refractivity contribution in [2.24, 2.45) is 5.73 Å². The molecule has 0 radical (unpaired) electrons. The van der Waals surface area contributed by atoms with Crippen LogP contribution in [0.5, 0.6) is 0 Å². The summed E-state index contributed by atoms with van der Waals surface area (Å²) in [5.41, 5.74) is 6.19. The molecule has 0 fully saturated rings. The fourth-order valence-corrected chi connectivity index (χ4v) is 1.40. The molecule has 1 heterocycles. The molecule has 72 valence electrons. The van der Waals surface area contributed by atoms with Gasteiger partial charge in [0.2, 0.25) is 5.95 Å². The van der Waals surface area contributed by atoms with Crippen LogP contribution in [0.25, 0.3) is 0 Å². The normalized spacial score (nSPS) is 12.9. The van der Waals surface area contributed by atoms with Crippen molar-refractivity contribution in [3.05, 3.63) is 28.2 Å². The van der Waals surface area contributed by atoms with E-state index in [1.165, 1.54) is 6.20 Å². The molecule has 0 spiro atoms. The molecule has 0 unspecified atom stereocenters. The third-order valence-corrected chi connectivity index (χ3v) is 2.18. The Morgan fingerprint density at radius 1 is 1.69 bits per heavy atom. The lowest BCUT2D eigenvalue weighted by Crippen LogP contribution is -2.15. The lowest BCUT2D eigenvalue weighted by molar-refractivity contribution is 0.554. The van der Waals surface area contributed by atoms with E-state index in [9.17, 15) is 4.39 Å². The van der Waals surface area contributed by atoms with E-state index in [4.69, 9.17) is 5.73 Å². The Morgan fingerprint density at radius 3 is 3.00 bits per heavy atom. The van der Waals surface area contributed by atoms with Crippen molar-refractivity contribution in [1.29, 1.82) is 0 Å². The fourth-order valence-electron chi connectivity index (χ4n) is 1.02. The van der Waals surface area contributed by atoms with Gasteiger partial charge in [-0.15, -0.1) is 0 Å². The molecule has 1 aromatic rings. The van der Waals surface area contributed by atoms with Crippen molar-refractivity contribution in [2.45, 2.75) is 25.8 Å². The zero-order chi connectivity index (χ0) is 9.84. The van der Waals surface area contributed by atoms with E-state index >= 15 is 0 Å². The highest BCUT2D eigenvalue weighted by atomic mass is 79.9. The first-order chi connectivity index (χ1) is 6.09. The predicted molar refractivity (Wildman–Crippen MR) is 53.9 cm³/mol. The van der Waals surface area contributed by atoms with E-state index in [-0.39, 0.29) is 6.04 Å². The highest BCUT2D eigenvalue weighted by Crippen LogP contribution is 2.14. The topological polar surface area (TPSA) is 38.9 Å². The van der Waals surface area contributed by atoms with Crippen molar-refractivity contribution in [3.63, 3.8) is 0 Å². The zero-order valence-electron chi connectivity index (χ0n) is 7.43. The highest BCUT2D eigenvalue weighted by Gasteiger charge is 2.05. The minimum atomic E-state index is -0.399. The van der Waals surface area contributed by atoms with Crippen molar-refractivity contribution in [1.82, 2.24) is 4.98 Å². The van der Waals surface area contributed by atoms with Crippen LogP contribution in [0.15, 0.2) is 16.7 Å². The molecule has 1 atom stereocenters. The molecule has 0 aliphatic rings. The van der Waals surface area contributed by atoms with Crippen LogP contribution in [-0.4, -0.2) is 11.0 Å². The minimum absolute atomic E-state index is 0.0957. The summed E-state index contributed by atoms with van der Waals surface area (Å²) in [6.45, 7) is 1.91. The van der Waals surface area contributed by atoms with Gasteiger partial charge in [0.05, 0.1) is 0 Å². The van der Waals surface area contributed by atoms with E-state index in [1.54, 1.807) is 6.07 Å². The van der Waals surface area contributed by atoms with Crippen molar-refractivity contribution < 1.29 is 4.39 Å². The number of nitrogens with two attached hydrogens (primary N) is 1. The molecule has 1 aromatic heterocycles. The largest absolute Gasteiger partial charge is 0.328 e. The van der Waals surface area contributed by atoms with Gasteiger partial charge in [-0.1, -0.05) is 0 Å². The summed E-state index contributed by atoms with van der Waals surface area (Å²) in [6.07, 6.45) is 2.86. The molecule has 4 heteroatoms. The second-order valence-electron chi connectivity index (χ2n) is 3.12. The van der Waals surface area contributed by atoms with Gasteiger partial charge < -0.3 is 5.73 Å². The number of rotatable bonds is 3. The van der Waals surface area contributed by atoms with Gasteiger partial charge in [-0.25, -0.2) is 4.98 Å². The van der Waals surface area contributed by atoms with Crippen molar-refractivity contribution in [2.75, 3.05) is 0 Å². The standard InChI is InChI=1S/C9H12BrFN2/c1-6(12)2-3-7-4-8(10)5-13-9(7)11/h4-6H,2-3,12H2,1H3/t6-/m1/s1. The molecule has 0 aromatic carbocycles. The third-order valence-electron chi connectivity index (χ3n) is 1.75. The number of aryl methyl sites for hydroxylation is 1. The van der Waals surface area contributed by atoms with Crippen LogP contribution in [0.3, 0.4) is 0 Å². The SMILES string of the molecule is C[C@@H](N)CCc1cc(Br)cnc1F. The van der Waals surface area contributed by atoms with Crippen molar-refractivity contribution >= 4 is 15.9 Å². The lowest BCUT2D eigenvalue weighted by atomic mass is 10.1. The highest BCUT2D eigenvalue weighted by molar-refractivity contribution is 9.10. The lowest BCUT2D eigenvalue weighted by Gasteiger charge is -2.05. The Morgan fingerprint density at radius 2 is 2.38 bits per heavy atom. The predicted octanol–water partition coefficient (Wildman–Crippen LogP) is 2.26. The number of aromatic nitrogens is 1. The quantitative estimate of drug-likeness (QED) is 0.832. The summed E-state index contributed by atoms with van der Waals surface area (Å²) >= 11 is 3.24. The Balaban J connectivity index is 2.70. The van der Waals surface area contributed by atoms with Crippen LogP contribution in [-0.2, 0) is 6.42 Å². The van der Waals surface area contributed by atoms with Gasteiger partial charge in [0.25, 0.3) is 0 Å². The molecular weight excluding hydrogens is 235 g/mol. The number of halogens is 2. The van der Waals surface area contributed by atoms with Crippen LogP contribution in [0.2, 0.25) is 0 Å². The van der Waals surface area contributed by atoms with E-state index in [0.717, 1.165) is 10.9 Å². The summed E-state index contributed by atoms with van der Waals surface area (Å²) < 4.78 is 13.8. The Kier molecular flexibility index (Phi) is 3.81. The summed E-state index contributed by atoms with van der Waals surface area (Å²) in [4.78, 5) is 3.60. The third kappa shape index (κ3) is 3.40. The molecule has 0 saturated heterocycles. The van der Waals surface area contributed by atoms with Crippen LogP contribution < -0.4 is 5.73 Å². The first-order valence-electron chi connectivity index (χ1n) is 4.15. The first-order valence-corrected chi connectivity index (χ1v) is 4.94. The maximum absolute atomic E-state index is 13.0. The second kappa shape index (κ2) is 4.67. The second-order valence-corrected chi connectivity index (χ2v) is 4.04. The molecule has 0 amide bonds. The summed E-state index contributed by atoms with van der Waals surface area (Å²) in [5.74, 6) is -0.399. The summed E-state index contributed by atoms with van der Waals surface area (Å²) in [7, 11) is 0. The molecule has 0 aliphatic carbocycles. The van der Waals surface area contributed by atoms with Gasteiger partial charge in [-0.2, -0.15) is 4.39 Å². The maximum atomic E-state index is 13.0. The smallest absolute Gasteiger partial charge is 0.216 e. The molecule has 2 nitrogen and oxygen atoms in total. The van der Waals surface area contributed by atoms with Crippen LogP contribution in [0.4, 0.5) is 4.39 Å². The molecule has 1 rings (SSSR count). The molecule has 0 aliphatic heterocycles. The van der Waals surface area contributed by atoms with Gasteiger partial charge in [0.15, 0.2) is 0 Å².